The van der Waals surface area contributed by atoms with E-state index in [1.165, 1.54) is 39.2 Å². The molecular formula is C16H24N2O2. The van der Waals surface area contributed by atoms with Crippen molar-refractivity contribution < 1.29 is 9.53 Å². The molecule has 0 aliphatic heterocycles. The largest absolute Gasteiger partial charge is 0.465 e. The molecule has 0 atom stereocenters. The van der Waals surface area contributed by atoms with Gasteiger partial charge in [-0.2, -0.15) is 0 Å². The first kappa shape index (κ1) is 14.7. The van der Waals surface area contributed by atoms with Gasteiger partial charge in [0.1, 0.15) is 0 Å². The van der Waals surface area contributed by atoms with E-state index >= 15 is 0 Å². The molecule has 4 heteroatoms. The van der Waals surface area contributed by atoms with E-state index in [9.17, 15) is 4.79 Å². The zero-order valence-electron chi connectivity index (χ0n) is 12.4. The van der Waals surface area contributed by atoms with E-state index in [2.05, 4.69) is 4.90 Å². The van der Waals surface area contributed by atoms with Gasteiger partial charge in [0.15, 0.2) is 0 Å². The molecule has 1 aromatic carbocycles. The van der Waals surface area contributed by atoms with Crippen molar-refractivity contribution in [3.63, 3.8) is 0 Å². The molecule has 1 aliphatic carbocycles. The molecule has 0 heterocycles. The van der Waals surface area contributed by atoms with Gasteiger partial charge in [0.25, 0.3) is 0 Å². The molecule has 1 saturated carbocycles. The molecule has 0 amide bonds. The molecule has 0 radical (unpaired) electrons. The van der Waals surface area contributed by atoms with Crippen LogP contribution in [0.4, 0.5) is 11.4 Å². The normalized spacial score (nSPS) is 15.9. The molecule has 0 unspecified atom stereocenters. The highest BCUT2D eigenvalue weighted by molar-refractivity contribution is 5.96. The van der Waals surface area contributed by atoms with Crippen molar-refractivity contribution in [2.75, 3.05) is 31.3 Å². The van der Waals surface area contributed by atoms with Crippen LogP contribution in [0.5, 0.6) is 0 Å². The quantitative estimate of drug-likeness (QED) is 0.678. The zero-order chi connectivity index (χ0) is 14.5. The van der Waals surface area contributed by atoms with Gasteiger partial charge in [-0.1, -0.05) is 19.3 Å². The highest BCUT2D eigenvalue weighted by atomic mass is 16.5. The molecule has 2 N–H and O–H groups in total. The third kappa shape index (κ3) is 3.44. The topological polar surface area (TPSA) is 55.6 Å². The maximum Gasteiger partial charge on any atom is 0.340 e. The number of methoxy groups -OCH3 is 1. The molecule has 0 saturated heterocycles. The lowest BCUT2D eigenvalue weighted by atomic mass is 9.89. The number of benzene rings is 1. The Labute approximate surface area is 120 Å². The molecule has 2 rings (SSSR count). The summed E-state index contributed by atoms with van der Waals surface area (Å²) in [7, 11) is 3.43. The van der Waals surface area contributed by atoms with Gasteiger partial charge < -0.3 is 15.4 Å². The summed E-state index contributed by atoms with van der Waals surface area (Å²) in [6.45, 7) is 0.980. The van der Waals surface area contributed by atoms with Gasteiger partial charge in [0.2, 0.25) is 0 Å². The first-order valence-corrected chi connectivity index (χ1v) is 7.30. The number of nitrogens with zero attached hydrogens (tertiary/aromatic N) is 1. The Hall–Kier alpha value is -1.71. The van der Waals surface area contributed by atoms with Gasteiger partial charge in [-0.25, -0.2) is 4.79 Å². The van der Waals surface area contributed by atoms with E-state index in [0.717, 1.165) is 18.2 Å². The SMILES string of the molecule is COC(=O)c1cc(N)ccc1N(C)CC1CCCCC1. The standard InChI is InChI=1S/C16H24N2O2/c1-18(11-12-6-4-3-5-7-12)15-9-8-13(17)10-14(15)16(19)20-2/h8-10,12H,3-7,11,17H2,1-2H3. The first-order chi connectivity index (χ1) is 9.61. The summed E-state index contributed by atoms with van der Waals surface area (Å²) in [5, 5.41) is 0. The molecule has 0 bridgehead atoms. The number of nitrogen functional groups attached to an aromatic ring is 1. The van der Waals surface area contributed by atoms with Crippen molar-refractivity contribution >= 4 is 17.3 Å². The molecule has 0 spiro atoms. The Morgan fingerprint density at radius 3 is 2.70 bits per heavy atom. The van der Waals surface area contributed by atoms with Crippen LogP contribution in [0.25, 0.3) is 0 Å². The van der Waals surface area contributed by atoms with E-state index in [4.69, 9.17) is 10.5 Å². The number of hydrogen-bond donors (Lipinski definition) is 1. The number of anilines is 2. The summed E-state index contributed by atoms with van der Waals surface area (Å²) >= 11 is 0. The molecule has 1 fully saturated rings. The van der Waals surface area contributed by atoms with E-state index < -0.39 is 0 Å². The number of esters is 1. The summed E-state index contributed by atoms with van der Waals surface area (Å²) in [5.74, 6) is 0.389. The van der Waals surface area contributed by atoms with Gasteiger partial charge in [-0.3, -0.25) is 0 Å². The maximum atomic E-state index is 11.9. The highest BCUT2D eigenvalue weighted by Crippen LogP contribution is 2.28. The number of ether oxygens (including phenoxy) is 1. The highest BCUT2D eigenvalue weighted by Gasteiger charge is 2.19. The summed E-state index contributed by atoms with van der Waals surface area (Å²) in [6, 6.07) is 5.43. The number of carbonyl (C=O) groups is 1. The summed E-state index contributed by atoms with van der Waals surface area (Å²) < 4.78 is 4.85. The molecule has 20 heavy (non-hydrogen) atoms. The Morgan fingerprint density at radius 1 is 1.35 bits per heavy atom. The summed E-state index contributed by atoms with van der Waals surface area (Å²) in [5.41, 5.74) is 7.81. The van der Waals surface area contributed by atoms with Crippen molar-refractivity contribution in [1.29, 1.82) is 0 Å². The van der Waals surface area contributed by atoms with Crippen LogP contribution in [0.15, 0.2) is 18.2 Å². The van der Waals surface area contributed by atoms with E-state index in [-0.39, 0.29) is 5.97 Å². The van der Waals surface area contributed by atoms with Crippen molar-refractivity contribution in [2.24, 2.45) is 5.92 Å². The molecule has 0 aromatic heterocycles. The Bertz CT molecular complexity index is 468. The number of carbonyl (C=O) groups excluding carboxylic acids is 1. The Morgan fingerprint density at radius 2 is 2.05 bits per heavy atom. The molecular weight excluding hydrogens is 252 g/mol. The monoisotopic (exact) mass is 276 g/mol. The summed E-state index contributed by atoms with van der Waals surface area (Å²) in [6.07, 6.45) is 6.57. The number of hydrogen-bond acceptors (Lipinski definition) is 4. The lowest BCUT2D eigenvalue weighted by Gasteiger charge is -2.29. The average Bonchev–Trinajstić information content (AvgIpc) is 2.47. The van der Waals surface area contributed by atoms with Crippen LogP contribution in [-0.4, -0.2) is 26.7 Å². The number of nitrogens with two attached hydrogens (primary N) is 1. The van der Waals surface area contributed by atoms with E-state index in [0.29, 0.717) is 11.3 Å². The lowest BCUT2D eigenvalue weighted by molar-refractivity contribution is 0.0601. The fraction of sp³-hybridized carbons (Fsp3) is 0.562. The fourth-order valence-electron chi connectivity index (χ4n) is 3.02. The van der Waals surface area contributed by atoms with Gasteiger partial charge in [0.05, 0.1) is 18.4 Å². The smallest absolute Gasteiger partial charge is 0.340 e. The predicted octanol–water partition coefficient (Wildman–Crippen LogP) is 3.07. The van der Waals surface area contributed by atoms with Crippen LogP contribution >= 0.6 is 0 Å². The van der Waals surface area contributed by atoms with Crippen LogP contribution < -0.4 is 10.6 Å². The van der Waals surface area contributed by atoms with Crippen molar-refractivity contribution in [2.45, 2.75) is 32.1 Å². The number of rotatable bonds is 4. The maximum absolute atomic E-state index is 11.9. The second-order valence-electron chi connectivity index (χ2n) is 5.65. The van der Waals surface area contributed by atoms with E-state index in [1.807, 2.05) is 19.2 Å². The van der Waals surface area contributed by atoms with Crippen LogP contribution in [0.3, 0.4) is 0 Å². The Balaban J connectivity index is 2.15. The Kier molecular flexibility index (Phi) is 4.88. The fourth-order valence-corrected chi connectivity index (χ4v) is 3.02. The van der Waals surface area contributed by atoms with Crippen LogP contribution in [0.1, 0.15) is 42.5 Å². The molecule has 1 aromatic rings. The van der Waals surface area contributed by atoms with Crippen LogP contribution in [0, 0.1) is 5.92 Å². The van der Waals surface area contributed by atoms with Crippen molar-refractivity contribution in [3.8, 4) is 0 Å². The van der Waals surface area contributed by atoms with Gasteiger partial charge >= 0.3 is 5.97 Å². The zero-order valence-corrected chi connectivity index (χ0v) is 12.4. The third-order valence-electron chi connectivity index (χ3n) is 4.09. The second kappa shape index (κ2) is 6.64. The lowest BCUT2D eigenvalue weighted by Crippen LogP contribution is -2.28. The second-order valence-corrected chi connectivity index (χ2v) is 5.65. The molecule has 4 nitrogen and oxygen atoms in total. The average molecular weight is 276 g/mol. The summed E-state index contributed by atoms with van der Waals surface area (Å²) in [4.78, 5) is 14.0. The predicted molar refractivity (Wildman–Crippen MR) is 82.0 cm³/mol. The molecule has 1 aliphatic rings. The van der Waals surface area contributed by atoms with Crippen LogP contribution in [0.2, 0.25) is 0 Å². The third-order valence-corrected chi connectivity index (χ3v) is 4.09. The van der Waals surface area contributed by atoms with Gasteiger partial charge in [-0.15, -0.1) is 0 Å². The van der Waals surface area contributed by atoms with Gasteiger partial charge in [0, 0.05) is 19.3 Å². The first-order valence-electron chi connectivity index (χ1n) is 7.30. The van der Waals surface area contributed by atoms with Crippen LogP contribution in [-0.2, 0) is 4.74 Å². The minimum Gasteiger partial charge on any atom is -0.465 e. The van der Waals surface area contributed by atoms with E-state index in [1.54, 1.807) is 6.07 Å². The van der Waals surface area contributed by atoms with Crippen molar-refractivity contribution in [3.05, 3.63) is 23.8 Å². The van der Waals surface area contributed by atoms with Gasteiger partial charge in [-0.05, 0) is 37.0 Å². The van der Waals surface area contributed by atoms with Crippen molar-refractivity contribution in [1.82, 2.24) is 0 Å². The minimum absolute atomic E-state index is 0.331. The molecule has 110 valence electrons. The minimum atomic E-state index is -0.331.